The number of benzene rings is 1. The molecule has 3 heteroatoms. The van der Waals surface area contributed by atoms with Gasteiger partial charge in [0.1, 0.15) is 5.82 Å². The second-order valence-electron chi connectivity index (χ2n) is 3.94. The minimum atomic E-state index is 0.0112. The maximum Gasteiger partial charge on any atom is 0.107 e. The molecule has 0 aliphatic rings. The molecule has 0 aliphatic heterocycles. The minimum Gasteiger partial charge on any atom is -0.349 e. The summed E-state index contributed by atoms with van der Waals surface area (Å²) in [7, 11) is 0. The number of rotatable bonds is 4. The highest BCUT2D eigenvalue weighted by Gasteiger charge is 2.08. The highest BCUT2D eigenvalue weighted by molar-refractivity contribution is 5.25. The fraction of sp³-hybridized carbons (Fsp3) is 0.308. The van der Waals surface area contributed by atoms with Crippen LogP contribution in [0.4, 0.5) is 0 Å². The van der Waals surface area contributed by atoms with E-state index in [-0.39, 0.29) is 6.04 Å². The molecule has 1 aromatic heterocycles. The second-order valence-corrected chi connectivity index (χ2v) is 3.94. The van der Waals surface area contributed by atoms with Gasteiger partial charge in [-0.15, -0.1) is 0 Å². The number of H-pyrrole nitrogens is 1. The highest BCUT2D eigenvalue weighted by atomic mass is 14.9. The molecular formula is C13H17N3. The van der Waals surface area contributed by atoms with Crippen molar-refractivity contribution in [3.8, 4) is 0 Å². The zero-order chi connectivity index (χ0) is 11.4. The third-order valence-electron chi connectivity index (χ3n) is 2.78. The number of aryl methyl sites for hydroxylation is 1. The lowest BCUT2D eigenvalue weighted by Crippen LogP contribution is -2.14. The van der Waals surface area contributed by atoms with Crippen LogP contribution in [-0.2, 0) is 12.8 Å². The maximum absolute atomic E-state index is 6.12. The average Bonchev–Trinajstić information content (AvgIpc) is 2.82. The number of aromatic nitrogens is 2. The summed E-state index contributed by atoms with van der Waals surface area (Å²) in [6.07, 6.45) is 5.39. The number of nitrogens with zero attached hydrogens (tertiary/aromatic N) is 1. The van der Waals surface area contributed by atoms with E-state index in [2.05, 4.69) is 41.2 Å². The molecule has 3 nitrogen and oxygen atoms in total. The van der Waals surface area contributed by atoms with Gasteiger partial charge in [-0.25, -0.2) is 4.98 Å². The Balaban J connectivity index is 2.05. The third kappa shape index (κ3) is 2.49. The molecule has 0 fully saturated rings. The number of nitrogens with one attached hydrogen (secondary N) is 1. The van der Waals surface area contributed by atoms with Gasteiger partial charge in [-0.05, 0) is 17.5 Å². The van der Waals surface area contributed by atoms with Gasteiger partial charge in [0.2, 0.25) is 0 Å². The number of aromatic amines is 1. The Morgan fingerprint density at radius 3 is 2.62 bits per heavy atom. The molecule has 0 aliphatic carbocycles. The van der Waals surface area contributed by atoms with Crippen LogP contribution >= 0.6 is 0 Å². The van der Waals surface area contributed by atoms with Gasteiger partial charge in [0.05, 0.1) is 0 Å². The van der Waals surface area contributed by atoms with Crippen molar-refractivity contribution in [1.29, 1.82) is 0 Å². The topological polar surface area (TPSA) is 54.7 Å². The van der Waals surface area contributed by atoms with Gasteiger partial charge in [0.25, 0.3) is 0 Å². The molecule has 2 rings (SSSR count). The van der Waals surface area contributed by atoms with Crippen LogP contribution in [0.25, 0.3) is 0 Å². The molecule has 1 atom stereocenters. The zero-order valence-corrected chi connectivity index (χ0v) is 9.48. The number of imidazole rings is 1. The summed E-state index contributed by atoms with van der Waals surface area (Å²) < 4.78 is 0. The molecule has 0 bridgehead atoms. The van der Waals surface area contributed by atoms with E-state index in [0.717, 1.165) is 24.2 Å². The van der Waals surface area contributed by atoms with Crippen molar-refractivity contribution in [3.05, 3.63) is 53.6 Å². The molecule has 0 radical (unpaired) electrons. The molecule has 1 unspecified atom stereocenters. The first kappa shape index (κ1) is 10.9. The monoisotopic (exact) mass is 215 g/mol. The summed E-state index contributed by atoms with van der Waals surface area (Å²) in [6, 6.07) is 8.49. The maximum atomic E-state index is 6.12. The lowest BCUT2D eigenvalue weighted by molar-refractivity contribution is 0.694. The van der Waals surface area contributed by atoms with Crippen LogP contribution in [0.3, 0.4) is 0 Å². The number of nitrogens with two attached hydrogens (primary N) is 1. The van der Waals surface area contributed by atoms with Crippen LogP contribution in [-0.4, -0.2) is 9.97 Å². The predicted molar refractivity (Wildman–Crippen MR) is 65.0 cm³/mol. The molecule has 0 amide bonds. The summed E-state index contributed by atoms with van der Waals surface area (Å²) in [5.74, 6) is 0.937. The van der Waals surface area contributed by atoms with Crippen molar-refractivity contribution in [1.82, 2.24) is 9.97 Å². The highest BCUT2D eigenvalue weighted by Crippen LogP contribution is 2.15. The first-order valence-electron chi connectivity index (χ1n) is 5.62. The molecule has 1 heterocycles. The Hall–Kier alpha value is -1.61. The fourth-order valence-electron chi connectivity index (χ4n) is 1.74. The average molecular weight is 215 g/mol. The van der Waals surface area contributed by atoms with Crippen molar-refractivity contribution in [2.75, 3.05) is 0 Å². The van der Waals surface area contributed by atoms with E-state index >= 15 is 0 Å². The lowest BCUT2D eigenvalue weighted by Gasteiger charge is -2.10. The summed E-state index contributed by atoms with van der Waals surface area (Å²) >= 11 is 0. The molecule has 84 valence electrons. The van der Waals surface area contributed by atoms with Crippen molar-refractivity contribution < 1.29 is 0 Å². The summed E-state index contributed by atoms with van der Waals surface area (Å²) in [5.41, 5.74) is 8.62. The Kier molecular flexibility index (Phi) is 3.37. The summed E-state index contributed by atoms with van der Waals surface area (Å²) in [6.45, 7) is 2.15. The Morgan fingerprint density at radius 2 is 2.06 bits per heavy atom. The second kappa shape index (κ2) is 4.94. The lowest BCUT2D eigenvalue weighted by atomic mass is 10.0. The van der Waals surface area contributed by atoms with Gasteiger partial charge in [0, 0.05) is 24.9 Å². The van der Waals surface area contributed by atoms with E-state index in [4.69, 9.17) is 5.73 Å². The van der Waals surface area contributed by atoms with Crippen LogP contribution in [0.1, 0.15) is 29.9 Å². The number of hydrogen-bond acceptors (Lipinski definition) is 2. The van der Waals surface area contributed by atoms with E-state index in [1.807, 2.05) is 6.20 Å². The predicted octanol–water partition coefficient (Wildman–Crippen LogP) is 2.21. The third-order valence-corrected chi connectivity index (χ3v) is 2.78. The summed E-state index contributed by atoms with van der Waals surface area (Å²) in [4.78, 5) is 7.25. The van der Waals surface area contributed by atoms with E-state index < -0.39 is 0 Å². The fourth-order valence-corrected chi connectivity index (χ4v) is 1.74. The van der Waals surface area contributed by atoms with E-state index in [0.29, 0.717) is 0 Å². The quantitative estimate of drug-likeness (QED) is 0.821. The van der Waals surface area contributed by atoms with Gasteiger partial charge in [0.15, 0.2) is 0 Å². The molecule has 2 aromatic rings. The van der Waals surface area contributed by atoms with Gasteiger partial charge < -0.3 is 10.7 Å². The van der Waals surface area contributed by atoms with Crippen LogP contribution in [0.5, 0.6) is 0 Å². The van der Waals surface area contributed by atoms with E-state index in [1.165, 1.54) is 5.56 Å². The molecule has 0 saturated carbocycles. The first-order chi connectivity index (χ1) is 7.79. The zero-order valence-electron chi connectivity index (χ0n) is 9.48. The van der Waals surface area contributed by atoms with E-state index in [9.17, 15) is 0 Å². The van der Waals surface area contributed by atoms with Crippen molar-refractivity contribution in [3.63, 3.8) is 0 Å². The molecule has 3 N–H and O–H groups in total. The standard InChI is InChI=1S/C13H17N3/c1-2-10-3-5-11(6-4-10)12(14)9-13-15-7-8-16-13/h3-8,12H,2,9,14H2,1H3,(H,15,16). The van der Waals surface area contributed by atoms with Crippen LogP contribution < -0.4 is 5.73 Å². The van der Waals surface area contributed by atoms with Gasteiger partial charge in [-0.3, -0.25) is 0 Å². The van der Waals surface area contributed by atoms with E-state index in [1.54, 1.807) is 6.20 Å². The Labute approximate surface area is 95.7 Å². The molecule has 0 spiro atoms. The van der Waals surface area contributed by atoms with Crippen molar-refractivity contribution in [2.45, 2.75) is 25.8 Å². The van der Waals surface area contributed by atoms with Crippen LogP contribution in [0, 0.1) is 0 Å². The normalized spacial score (nSPS) is 12.6. The molecule has 16 heavy (non-hydrogen) atoms. The number of hydrogen-bond donors (Lipinski definition) is 2. The van der Waals surface area contributed by atoms with Crippen molar-refractivity contribution in [2.24, 2.45) is 5.73 Å². The smallest absolute Gasteiger partial charge is 0.107 e. The first-order valence-corrected chi connectivity index (χ1v) is 5.62. The minimum absolute atomic E-state index is 0.0112. The SMILES string of the molecule is CCc1ccc(C(N)Cc2ncc[nH]2)cc1. The Bertz CT molecular complexity index is 417. The molecule has 0 saturated heterocycles. The van der Waals surface area contributed by atoms with Gasteiger partial charge in [-0.1, -0.05) is 31.2 Å². The van der Waals surface area contributed by atoms with Crippen LogP contribution in [0.2, 0.25) is 0 Å². The molecule has 1 aromatic carbocycles. The van der Waals surface area contributed by atoms with Gasteiger partial charge in [-0.2, -0.15) is 0 Å². The molecular weight excluding hydrogens is 198 g/mol. The largest absolute Gasteiger partial charge is 0.349 e. The van der Waals surface area contributed by atoms with Crippen LogP contribution in [0.15, 0.2) is 36.7 Å². The van der Waals surface area contributed by atoms with Crippen molar-refractivity contribution >= 4 is 0 Å². The van der Waals surface area contributed by atoms with Gasteiger partial charge >= 0.3 is 0 Å². The summed E-state index contributed by atoms with van der Waals surface area (Å²) in [5, 5.41) is 0. The Morgan fingerprint density at radius 1 is 1.31 bits per heavy atom.